The van der Waals surface area contributed by atoms with Crippen molar-refractivity contribution in [2.75, 3.05) is 13.1 Å². The average molecular weight is 473 g/mol. The molecule has 1 fully saturated rings. The third kappa shape index (κ3) is 4.02. The molecule has 1 aromatic heterocycles. The first-order valence-corrected chi connectivity index (χ1v) is 11.1. The Morgan fingerprint density at radius 3 is 2.42 bits per heavy atom. The van der Waals surface area contributed by atoms with Crippen molar-refractivity contribution >= 4 is 38.5 Å². The molecule has 0 unspecified atom stereocenters. The molecule has 2 aromatic carbocycles. The lowest BCUT2D eigenvalue weighted by Gasteiger charge is -2.30. The number of esters is 1. The number of benzene rings is 2. The molecule has 6 nitrogen and oxygen atoms in total. The highest BCUT2D eigenvalue weighted by Crippen LogP contribution is 2.37. The summed E-state index contributed by atoms with van der Waals surface area (Å²) in [5, 5.41) is 0.0811. The van der Waals surface area contributed by atoms with Crippen LogP contribution in [0.1, 0.15) is 12.0 Å². The van der Waals surface area contributed by atoms with Crippen LogP contribution in [0, 0.1) is 0 Å². The third-order valence-corrected chi connectivity index (χ3v) is 7.17. The molecule has 0 amide bonds. The zero-order valence-electron chi connectivity index (χ0n) is 15.9. The highest BCUT2D eigenvalue weighted by molar-refractivity contribution is 7.90. The molecule has 31 heavy (non-hydrogen) atoms. The van der Waals surface area contributed by atoms with Gasteiger partial charge < -0.3 is 4.74 Å². The van der Waals surface area contributed by atoms with E-state index in [0.29, 0.717) is 12.1 Å². The largest absolute Gasteiger partial charge is 0.491 e. The summed E-state index contributed by atoms with van der Waals surface area (Å²) in [4.78, 5) is 13.3. The van der Waals surface area contributed by atoms with Crippen molar-refractivity contribution in [3.05, 3.63) is 59.2 Å². The van der Waals surface area contributed by atoms with Crippen molar-refractivity contribution in [1.82, 2.24) is 8.87 Å². The lowest BCUT2D eigenvalue weighted by atomic mass is 10.1. The minimum Gasteiger partial charge on any atom is -0.418 e. The number of hydrogen-bond acceptors (Lipinski definition) is 5. The van der Waals surface area contributed by atoms with Crippen molar-refractivity contribution in [2.24, 2.45) is 0 Å². The zero-order valence-corrected chi connectivity index (χ0v) is 17.5. The number of carbonyl (C=O) groups is 1. The van der Waals surface area contributed by atoms with Gasteiger partial charge >= 0.3 is 12.1 Å². The normalized spacial score (nSPS) is 15.1. The molecular weight excluding hydrogens is 457 g/mol. The van der Waals surface area contributed by atoms with Crippen LogP contribution in [0.3, 0.4) is 0 Å². The number of alkyl halides is 3. The molecule has 0 aliphatic carbocycles. The molecule has 11 heteroatoms. The number of halogens is 4. The Hall–Kier alpha value is -2.56. The third-order valence-electron chi connectivity index (χ3n) is 5.00. The topological polar surface area (TPSA) is 68.6 Å². The number of rotatable bonds is 5. The van der Waals surface area contributed by atoms with Crippen LogP contribution in [-0.2, 0) is 21.4 Å². The summed E-state index contributed by atoms with van der Waals surface area (Å²) in [5.41, 5.74) is 0.637. The molecule has 3 aromatic rings. The maximum absolute atomic E-state index is 13.3. The average Bonchev–Trinajstić information content (AvgIpc) is 3.04. The Morgan fingerprint density at radius 2 is 1.81 bits per heavy atom. The Kier molecular flexibility index (Phi) is 5.48. The predicted octanol–water partition coefficient (Wildman–Crippen LogP) is 4.21. The van der Waals surface area contributed by atoms with E-state index in [1.165, 1.54) is 24.3 Å². The smallest absolute Gasteiger partial charge is 0.418 e. The molecule has 4 rings (SSSR count). The number of likely N-dealkylation sites (tertiary alicyclic amines) is 1. The van der Waals surface area contributed by atoms with Gasteiger partial charge in [-0.15, -0.1) is 0 Å². The summed E-state index contributed by atoms with van der Waals surface area (Å²) in [6.45, 7) is 2.00. The van der Waals surface area contributed by atoms with Crippen molar-refractivity contribution in [1.29, 1.82) is 0 Å². The second-order valence-electron chi connectivity index (χ2n) is 7.05. The molecule has 0 spiro atoms. The van der Waals surface area contributed by atoms with Gasteiger partial charge in [-0.3, -0.25) is 4.90 Å². The molecule has 0 radical (unpaired) electrons. The standard InChI is InChI=1S/C20H16ClF3N2O4S/c21-14-6-1-2-8-17(14)31(28,29)26-12-16(30-19(27)20(22,23)24)18-13(5-3-7-15(18)26)11-25-9-4-10-25/h1-3,5-8,12H,4,9-11H2. The first kappa shape index (κ1) is 21.7. The number of carbonyl (C=O) groups excluding carboxylic acids is 1. The SMILES string of the molecule is O=C(Oc1cn(S(=O)(=O)c2ccccc2Cl)c2cccc(CN3CCC3)c12)C(F)(F)F. The second-order valence-corrected chi connectivity index (χ2v) is 9.24. The van der Waals surface area contributed by atoms with Crippen molar-refractivity contribution < 1.29 is 31.1 Å². The Morgan fingerprint density at radius 1 is 1.10 bits per heavy atom. The first-order chi connectivity index (χ1) is 14.6. The van der Waals surface area contributed by atoms with Gasteiger partial charge in [-0.25, -0.2) is 17.2 Å². The van der Waals surface area contributed by atoms with Gasteiger partial charge in [0.1, 0.15) is 4.90 Å². The Balaban J connectivity index is 1.91. The van der Waals surface area contributed by atoms with Crippen LogP contribution >= 0.6 is 11.6 Å². The molecule has 0 saturated carbocycles. The van der Waals surface area contributed by atoms with E-state index in [9.17, 15) is 26.4 Å². The van der Waals surface area contributed by atoms with E-state index < -0.39 is 27.9 Å². The van der Waals surface area contributed by atoms with E-state index in [4.69, 9.17) is 11.6 Å². The van der Waals surface area contributed by atoms with E-state index >= 15 is 0 Å². The molecule has 2 heterocycles. The number of aromatic nitrogens is 1. The minimum absolute atomic E-state index is 0.0464. The van der Waals surface area contributed by atoms with Gasteiger partial charge in [0.2, 0.25) is 0 Å². The summed E-state index contributed by atoms with van der Waals surface area (Å²) in [6, 6.07) is 10.4. The first-order valence-electron chi connectivity index (χ1n) is 9.23. The maximum atomic E-state index is 13.3. The molecule has 1 saturated heterocycles. The maximum Gasteiger partial charge on any atom is 0.491 e. The van der Waals surface area contributed by atoms with Gasteiger partial charge in [-0.2, -0.15) is 13.2 Å². The molecule has 0 atom stereocenters. The van der Waals surface area contributed by atoms with Crippen LogP contribution < -0.4 is 4.74 Å². The van der Waals surface area contributed by atoms with Crippen molar-refractivity contribution in [3.8, 4) is 5.75 Å². The van der Waals surface area contributed by atoms with Gasteiger partial charge in [0.25, 0.3) is 10.0 Å². The van der Waals surface area contributed by atoms with Crippen LogP contribution in [0.2, 0.25) is 5.02 Å². The number of ether oxygens (including phenoxy) is 1. The Labute approximate surface area is 180 Å². The van der Waals surface area contributed by atoms with E-state index in [1.54, 1.807) is 18.2 Å². The molecule has 1 aliphatic heterocycles. The number of nitrogens with zero attached hydrogens (tertiary/aromatic N) is 2. The van der Waals surface area contributed by atoms with Crippen molar-refractivity contribution in [2.45, 2.75) is 24.0 Å². The molecule has 0 bridgehead atoms. The van der Waals surface area contributed by atoms with E-state index in [1.807, 2.05) is 4.90 Å². The fourth-order valence-electron chi connectivity index (χ4n) is 3.40. The lowest BCUT2D eigenvalue weighted by molar-refractivity contribution is -0.189. The predicted molar refractivity (Wildman–Crippen MR) is 108 cm³/mol. The monoisotopic (exact) mass is 472 g/mol. The van der Waals surface area contributed by atoms with Gasteiger partial charge in [-0.05, 0) is 43.3 Å². The summed E-state index contributed by atoms with van der Waals surface area (Å²) < 4.78 is 70.5. The zero-order chi connectivity index (χ0) is 22.4. The van der Waals surface area contributed by atoms with Crippen LogP contribution in [0.15, 0.2) is 53.6 Å². The molecule has 164 valence electrons. The lowest BCUT2D eigenvalue weighted by Crippen LogP contribution is -2.36. The fraction of sp³-hybridized carbons (Fsp3) is 0.250. The number of fused-ring (bicyclic) bond motifs is 1. The quantitative estimate of drug-likeness (QED) is 0.520. The van der Waals surface area contributed by atoms with E-state index in [-0.39, 0.29) is 20.8 Å². The van der Waals surface area contributed by atoms with E-state index in [2.05, 4.69) is 4.74 Å². The summed E-state index contributed by atoms with van der Waals surface area (Å²) in [6.07, 6.45) is -3.36. The Bertz CT molecular complexity index is 1270. The fourth-order valence-corrected chi connectivity index (χ4v) is 5.25. The van der Waals surface area contributed by atoms with Crippen LogP contribution in [0.4, 0.5) is 13.2 Å². The van der Waals surface area contributed by atoms with E-state index in [0.717, 1.165) is 29.7 Å². The van der Waals surface area contributed by atoms with Gasteiger partial charge in [0.15, 0.2) is 5.75 Å². The molecule has 0 N–H and O–H groups in total. The molecule has 1 aliphatic rings. The van der Waals surface area contributed by atoms with Crippen LogP contribution in [0.25, 0.3) is 10.9 Å². The highest BCUT2D eigenvalue weighted by Gasteiger charge is 2.42. The minimum atomic E-state index is -5.23. The number of hydrogen-bond donors (Lipinski definition) is 0. The van der Waals surface area contributed by atoms with Crippen LogP contribution in [0.5, 0.6) is 5.75 Å². The molecular formula is C20H16ClF3N2O4S. The highest BCUT2D eigenvalue weighted by atomic mass is 35.5. The summed E-state index contributed by atoms with van der Waals surface area (Å²) in [7, 11) is -4.28. The van der Waals surface area contributed by atoms with Gasteiger partial charge in [-0.1, -0.05) is 35.9 Å². The second kappa shape index (κ2) is 7.85. The summed E-state index contributed by atoms with van der Waals surface area (Å²) in [5.74, 6) is -2.91. The van der Waals surface area contributed by atoms with Gasteiger partial charge in [0.05, 0.1) is 16.7 Å². The van der Waals surface area contributed by atoms with Gasteiger partial charge in [0, 0.05) is 11.9 Å². The van der Waals surface area contributed by atoms with Crippen LogP contribution in [-0.4, -0.2) is 42.5 Å². The van der Waals surface area contributed by atoms with Crippen molar-refractivity contribution in [3.63, 3.8) is 0 Å². The summed E-state index contributed by atoms with van der Waals surface area (Å²) >= 11 is 6.05.